The highest BCUT2D eigenvalue weighted by Crippen LogP contribution is 2.25. The summed E-state index contributed by atoms with van der Waals surface area (Å²) in [6.07, 6.45) is 0.790. The fraction of sp³-hybridized carbons (Fsp3) is 0.550. The molecule has 28 heavy (non-hydrogen) atoms. The second-order valence-corrected chi connectivity index (χ2v) is 7.81. The first-order valence-electron chi connectivity index (χ1n) is 9.61. The summed E-state index contributed by atoms with van der Waals surface area (Å²) in [7, 11) is 0. The van der Waals surface area contributed by atoms with E-state index in [1.165, 1.54) is 12.1 Å². The summed E-state index contributed by atoms with van der Waals surface area (Å²) in [5, 5.41) is 0. The molecule has 2 aliphatic heterocycles. The Balaban J connectivity index is 1.58. The number of rotatable bonds is 4. The van der Waals surface area contributed by atoms with Gasteiger partial charge in [-0.2, -0.15) is 0 Å². The van der Waals surface area contributed by atoms with Crippen molar-refractivity contribution < 1.29 is 18.8 Å². The number of hydrogen-bond acceptors (Lipinski definition) is 4. The minimum atomic E-state index is -1.14. The van der Waals surface area contributed by atoms with E-state index in [9.17, 15) is 18.8 Å². The molecule has 0 saturated carbocycles. The maximum Gasteiger partial charge on any atom is 0.237 e. The fourth-order valence-electron chi connectivity index (χ4n) is 3.73. The molecule has 0 atom stereocenters. The smallest absolute Gasteiger partial charge is 0.237 e. The summed E-state index contributed by atoms with van der Waals surface area (Å²) in [6, 6.07) is 6.33. The van der Waals surface area contributed by atoms with E-state index in [0.29, 0.717) is 52.4 Å². The van der Waals surface area contributed by atoms with Crippen molar-refractivity contribution in [2.45, 2.75) is 13.8 Å². The summed E-state index contributed by atoms with van der Waals surface area (Å²) in [5.74, 6) is -0.634. The van der Waals surface area contributed by atoms with Gasteiger partial charge in [-0.15, -0.1) is 0 Å². The number of nitrogens with zero attached hydrogens (tertiary/aromatic N) is 4. The lowest BCUT2D eigenvalue weighted by Crippen LogP contribution is -2.58. The molecule has 3 rings (SSSR count). The first kappa shape index (κ1) is 20.1. The average molecular weight is 390 g/mol. The van der Waals surface area contributed by atoms with E-state index in [1.54, 1.807) is 40.7 Å². The highest BCUT2D eigenvalue weighted by molar-refractivity contribution is 6.04. The average Bonchev–Trinajstić information content (AvgIpc) is 2.73. The van der Waals surface area contributed by atoms with Crippen molar-refractivity contribution in [3.05, 3.63) is 30.1 Å². The minimum absolute atomic E-state index is 0.172. The van der Waals surface area contributed by atoms with Crippen LogP contribution in [-0.4, -0.2) is 85.3 Å². The minimum Gasteiger partial charge on any atom is -0.368 e. The Kier molecular flexibility index (Phi) is 5.86. The van der Waals surface area contributed by atoms with Crippen molar-refractivity contribution in [1.29, 1.82) is 0 Å². The number of carbonyl (C=O) groups excluding carboxylic acids is 3. The lowest BCUT2D eigenvalue weighted by atomic mass is 9.89. The number of amides is 3. The van der Waals surface area contributed by atoms with Gasteiger partial charge in [0.05, 0.1) is 0 Å². The molecule has 0 spiro atoms. The van der Waals surface area contributed by atoms with Crippen LogP contribution in [0.3, 0.4) is 0 Å². The number of piperazine rings is 2. The lowest BCUT2D eigenvalue weighted by Gasteiger charge is -2.41. The third-order valence-corrected chi connectivity index (χ3v) is 5.58. The van der Waals surface area contributed by atoms with Gasteiger partial charge in [0.2, 0.25) is 18.2 Å². The molecule has 7 nitrogen and oxygen atoms in total. The molecule has 2 saturated heterocycles. The second kappa shape index (κ2) is 8.16. The maximum absolute atomic E-state index is 13.1. The van der Waals surface area contributed by atoms with Crippen LogP contribution in [0.4, 0.5) is 10.1 Å². The summed E-state index contributed by atoms with van der Waals surface area (Å²) < 4.78 is 13.1. The van der Waals surface area contributed by atoms with Gasteiger partial charge in [0.25, 0.3) is 0 Å². The van der Waals surface area contributed by atoms with Gasteiger partial charge in [0.15, 0.2) is 0 Å². The molecule has 3 amide bonds. The summed E-state index contributed by atoms with van der Waals surface area (Å²) in [6.45, 7) is 7.56. The number of carbonyl (C=O) groups is 3. The Bertz CT molecular complexity index is 721. The molecule has 1 aromatic carbocycles. The zero-order valence-electron chi connectivity index (χ0n) is 16.4. The molecule has 2 fully saturated rings. The van der Waals surface area contributed by atoms with Gasteiger partial charge in [-0.05, 0) is 38.1 Å². The van der Waals surface area contributed by atoms with Crippen LogP contribution in [0.5, 0.6) is 0 Å². The van der Waals surface area contributed by atoms with Crippen LogP contribution in [0, 0.1) is 11.2 Å². The molecule has 0 radical (unpaired) electrons. The van der Waals surface area contributed by atoms with Gasteiger partial charge >= 0.3 is 0 Å². The molecule has 0 aliphatic carbocycles. The molecule has 2 aliphatic rings. The van der Waals surface area contributed by atoms with Crippen molar-refractivity contribution in [2.75, 3.05) is 57.3 Å². The monoisotopic (exact) mass is 390 g/mol. The maximum atomic E-state index is 13.1. The van der Waals surface area contributed by atoms with Crippen molar-refractivity contribution >= 4 is 23.9 Å². The van der Waals surface area contributed by atoms with Crippen LogP contribution in [-0.2, 0) is 14.4 Å². The molecule has 8 heteroatoms. The van der Waals surface area contributed by atoms with Gasteiger partial charge in [-0.25, -0.2) is 4.39 Å². The van der Waals surface area contributed by atoms with Crippen LogP contribution >= 0.6 is 0 Å². The van der Waals surface area contributed by atoms with Gasteiger partial charge in [0.1, 0.15) is 11.2 Å². The Labute approximate surface area is 164 Å². The number of halogens is 1. The Morgan fingerprint density at radius 1 is 0.857 bits per heavy atom. The molecule has 1 aromatic rings. The molecule has 152 valence electrons. The summed E-state index contributed by atoms with van der Waals surface area (Å²) in [5.41, 5.74) is -0.210. The first-order valence-corrected chi connectivity index (χ1v) is 9.61. The Hall–Kier alpha value is -2.64. The van der Waals surface area contributed by atoms with Crippen molar-refractivity contribution in [3.8, 4) is 0 Å². The predicted molar refractivity (Wildman–Crippen MR) is 103 cm³/mol. The normalized spacial score (nSPS) is 18.2. The van der Waals surface area contributed by atoms with E-state index >= 15 is 0 Å². The van der Waals surface area contributed by atoms with Gasteiger partial charge in [-0.3, -0.25) is 14.4 Å². The molecular formula is C20H27FN4O3. The zero-order valence-corrected chi connectivity index (χ0v) is 16.4. The summed E-state index contributed by atoms with van der Waals surface area (Å²) in [4.78, 5) is 44.0. The third kappa shape index (κ3) is 4.10. The molecule has 0 bridgehead atoms. The van der Waals surface area contributed by atoms with Gasteiger partial charge in [-0.1, -0.05) is 0 Å². The van der Waals surface area contributed by atoms with Crippen molar-refractivity contribution in [1.82, 2.24) is 14.7 Å². The van der Waals surface area contributed by atoms with E-state index in [2.05, 4.69) is 4.90 Å². The van der Waals surface area contributed by atoms with Crippen LogP contribution < -0.4 is 4.90 Å². The van der Waals surface area contributed by atoms with Crippen molar-refractivity contribution in [3.63, 3.8) is 0 Å². The number of anilines is 1. The molecule has 0 unspecified atom stereocenters. The largest absolute Gasteiger partial charge is 0.368 e. The standard InChI is InChI=1S/C20H27FN4O3/c1-20(2,18(27)24-9-7-22(15-26)8-10-24)19(28)25-13-11-23(12-14-25)17-5-3-16(21)4-6-17/h3-6,15H,7-14H2,1-2H3. The van der Waals surface area contributed by atoms with Crippen LogP contribution in [0.15, 0.2) is 24.3 Å². The van der Waals surface area contributed by atoms with Crippen LogP contribution in [0.2, 0.25) is 0 Å². The third-order valence-electron chi connectivity index (χ3n) is 5.58. The first-order chi connectivity index (χ1) is 13.3. The van der Waals surface area contributed by atoms with E-state index in [0.717, 1.165) is 12.1 Å². The van der Waals surface area contributed by atoms with Gasteiger partial charge in [0, 0.05) is 58.0 Å². The summed E-state index contributed by atoms with van der Waals surface area (Å²) >= 11 is 0. The lowest BCUT2D eigenvalue weighted by molar-refractivity contribution is -0.155. The highest BCUT2D eigenvalue weighted by Gasteiger charge is 2.42. The van der Waals surface area contributed by atoms with Gasteiger partial charge < -0.3 is 19.6 Å². The zero-order chi connectivity index (χ0) is 20.3. The Morgan fingerprint density at radius 3 is 1.79 bits per heavy atom. The topological polar surface area (TPSA) is 64.2 Å². The predicted octanol–water partition coefficient (Wildman–Crippen LogP) is 0.801. The molecular weight excluding hydrogens is 363 g/mol. The van der Waals surface area contributed by atoms with E-state index in [1.807, 2.05) is 0 Å². The van der Waals surface area contributed by atoms with E-state index in [-0.39, 0.29) is 17.6 Å². The molecule has 0 aromatic heterocycles. The van der Waals surface area contributed by atoms with Crippen LogP contribution in [0.25, 0.3) is 0 Å². The number of benzene rings is 1. The quantitative estimate of drug-likeness (QED) is 0.564. The molecule has 2 heterocycles. The van der Waals surface area contributed by atoms with Crippen LogP contribution in [0.1, 0.15) is 13.8 Å². The highest BCUT2D eigenvalue weighted by atomic mass is 19.1. The van der Waals surface area contributed by atoms with E-state index < -0.39 is 5.41 Å². The second-order valence-electron chi connectivity index (χ2n) is 7.81. The number of hydrogen-bond donors (Lipinski definition) is 0. The van der Waals surface area contributed by atoms with E-state index in [4.69, 9.17) is 0 Å². The fourth-order valence-corrected chi connectivity index (χ4v) is 3.73. The van der Waals surface area contributed by atoms with Crippen molar-refractivity contribution in [2.24, 2.45) is 5.41 Å². The SMILES string of the molecule is CC(C)(C(=O)N1CCN(C=O)CC1)C(=O)N1CCN(c2ccc(F)cc2)CC1. The molecule has 0 N–H and O–H groups in total. The Morgan fingerprint density at radius 2 is 1.32 bits per heavy atom.